The van der Waals surface area contributed by atoms with Crippen LogP contribution in [-0.4, -0.2) is 28.0 Å². The summed E-state index contributed by atoms with van der Waals surface area (Å²) < 4.78 is 0. The zero-order chi connectivity index (χ0) is 21.6. The van der Waals surface area contributed by atoms with Crippen LogP contribution in [0.1, 0.15) is 30.1 Å². The fourth-order valence-electron chi connectivity index (χ4n) is 4.64. The summed E-state index contributed by atoms with van der Waals surface area (Å²) in [7, 11) is 0. The van der Waals surface area contributed by atoms with Crippen LogP contribution in [0.3, 0.4) is 0 Å². The number of fused-ring (bicyclic) bond motifs is 1. The van der Waals surface area contributed by atoms with Gasteiger partial charge < -0.3 is 15.6 Å². The van der Waals surface area contributed by atoms with Gasteiger partial charge in [0.25, 0.3) is 5.56 Å². The summed E-state index contributed by atoms with van der Waals surface area (Å²) in [5.74, 6) is 0.443. The fraction of sp³-hybridized carbons (Fsp3) is 0.318. The zero-order valence-corrected chi connectivity index (χ0v) is 19.0. The number of pyridine rings is 1. The summed E-state index contributed by atoms with van der Waals surface area (Å²) in [5.41, 5.74) is 8.70. The van der Waals surface area contributed by atoms with E-state index >= 15 is 0 Å². The standard InChI is InChI=1S/C22H21Cl2N5OS/c23-14-4-1-5-16(18(14)24)31-17-12-27-20(21(30)28-17)29-9-6-22(7-10-29)11-15-13(19(22)25)3-2-8-26-15/h1-5,8,12,19H,6-7,9-11,25H2,(H,28,30)/t19-/m1/s1. The Bertz CT molecular complexity index is 1190. The summed E-state index contributed by atoms with van der Waals surface area (Å²) in [5, 5.41) is 1.55. The smallest absolute Gasteiger partial charge is 0.291 e. The van der Waals surface area contributed by atoms with Gasteiger partial charge in [-0.25, -0.2) is 4.98 Å². The molecule has 6 nitrogen and oxygen atoms in total. The summed E-state index contributed by atoms with van der Waals surface area (Å²) in [6.45, 7) is 1.48. The lowest BCUT2D eigenvalue weighted by Gasteiger charge is -2.42. The molecule has 1 saturated heterocycles. The normalized spacial score (nSPS) is 19.6. The molecule has 1 atom stereocenters. The number of rotatable bonds is 3. The van der Waals surface area contributed by atoms with Crippen LogP contribution < -0.4 is 16.2 Å². The molecule has 2 aromatic heterocycles. The number of benzene rings is 1. The topological polar surface area (TPSA) is 87.9 Å². The van der Waals surface area contributed by atoms with E-state index in [-0.39, 0.29) is 17.0 Å². The molecule has 3 aromatic rings. The van der Waals surface area contributed by atoms with E-state index in [1.54, 1.807) is 12.3 Å². The van der Waals surface area contributed by atoms with E-state index in [0.29, 0.717) is 20.9 Å². The molecule has 1 aliphatic carbocycles. The third kappa shape index (κ3) is 3.74. The van der Waals surface area contributed by atoms with Gasteiger partial charge in [0.15, 0.2) is 5.82 Å². The minimum absolute atomic E-state index is 0.00850. The van der Waals surface area contributed by atoms with E-state index in [9.17, 15) is 4.79 Å². The largest absolute Gasteiger partial charge is 0.352 e. The number of nitrogens with zero attached hydrogens (tertiary/aromatic N) is 3. The van der Waals surface area contributed by atoms with Crippen molar-refractivity contribution >= 4 is 40.8 Å². The maximum Gasteiger partial charge on any atom is 0.291 e. The molecule has 2 aliphatic rings. The highest BCUT2D eigenvalue weighted by molar-refractivity contribution is 7.99. The highest BCUT2D eigenvalue weighted by atomic mass is 35.5. The van der Waals surface area contributed by atoms with E-state index in [1.807, 2.05) is 29.3 Å². The quantitative estimate of drug-likeness (QED) is 0.583. The molecule has 1 spiro atoms. The van der Waals surface area contributed by atoms with Gasteiger partial charge in [0.05, 0.1) is 21.3 Å². The first-order valence-corrected chi connectivity index (χ1v) is 11.7. The van der Waals surface area contributed by atoms with Crippen molar-refractivity contribution in [1.82, 2.24) is 15.0 Å². The van der Waals surface area contributed by atoms with Crippen LogP contribution in [-0.2, 0) is 6.42 Å². The average molecular weight is 474 g/mol. The van der Waals surface area contributed by atoms with Crippen molar-refractivity contribution in [3.8, 4) is 0 Å². The molecule has 5 rings (SSSR count). The number of piperidine rings is 1. The maximum absolute atomic E-state index is 12.8. The minimum Gasteiger partial charge on any atom is -0.352 e. The summed E-state index contributed by atoms with van der Waals surface area (Å²) in [6, 6.07) is 9.43. The summed E-state index contributed by atoms with van der Waals surface area (Å²) in [4.78, 5) is 27.5. The Kier molecular flexibility index (Phi) is 5.46. The number of hydrogen-bond acceptors (Lipinski definition) is 6. The molecule has 0 radical (unpaired) electrons. The third-order valence-corrected chi connectivity index (χ3v) is 8.30. The van der Waals surface area contributed by atoms with Crippen LogP contribution in [0.5, 0.6) is 0 Å². The van der Waals surface area contributed by atoms with Crippen molar-refractivity contribution in [1.29, 1.82) is 0 Å². The van der Waals surface area contributed by atoms with Gasteiger partial charge in [-0.3, -0.25) is 9.78 Å². The van der Waals surface area contributed by atoms with Gasteiger partial charge in [-0.2, -0.15) is 0 Å². The zero-order valence-electron chi connectivity index (χ0n) is 16.6. The number of nitrogens with one attached hydrogen (secondary N) is 1. The maximum atomic E-state index is 12.8. The highest BCUT2D eigenvalue weighted by Gasteiger charge is 2.46. The number of H-pyrrole nitrogens is 1. The number of nitrogens with two attached hydrogens (primary N) is 1. The Morgan fingerprint density at radius 2 is 1.97 bits per heavy atom. The number of anilines is 1. The lowest BCUT2D eigenvalue weighted by molar-refractivity contribution is 0.186. The Balaban J connectivity index is 1.30. The predicted octanol–water partition coefficient (Wildman–Crippen LogP) is 4.47. The van der Waals surface area contributed by atoms with Crippen molar-refractivity contribution in [3.05, 3.63) is 74.4 Å². The monoisotopic (exact) mass is 473 g/mol. The number of hydrogen-bond donors (Lipinski definition) is 2. The molecule has 9 heteroatoms. The molecule has 1 fully saturated rings. The van der Waals surface area contributed by atoms with Crippen molar-refractivity contribution in [2.45, 2.75) is 35.2 Å². The van der Waals surface area contributed by atoms with Gasteiger partial charge >= 0.3 is 0 Å². The fourth-order valence-corrected chi connectivity index (χ4v) is 5.95. The molecular weight excluding hydrogens is 453 g/mol. The number of aromatic amines is 1. The molecule has 0 saturated carbocycles. The van der Waals surface area contributed by atoms with Gasteiger partial charge in [-0.15, -0.1) is 0 Å². The summed E-state index contributed by atoms with van der Waals surface area (Å²) >= 11 is 13.7. The Morgan fingerprint density at radius 1 is 1.16 bits per heavy atom. The molecular formula is C22H21Cl2N5OS. The summed E-state index contributed by atoms with van der Waals surface area (Å²) in [6.07, 6.45) is 6.21. The van der Waals surface area contributed by atoms with Gasteiger partial charge in [0.2, 0.25) is 0 Å². The Labute approximate surface area is 194 Å². The van der Waals surface area contributed by atoms with Crippen LogP contribution >= 0.6 is 35.0 Å². The second-order valence-corrected chi connectivity index (χ2v) is 9.97. The van der Waals surface area contributed by atoms with E-state index in [0.717, 1.165) is 48.5 Å². The predicted molar refractivity (Wildman–Crippen MR) is 124 cm³/mol. The van der Waals surface area contributed by atoms with Crippen LogP contribution in [0.15, 0.2) is 57.4 Å². The van der Waals surface area contributed by atoms with Crippen LogP contribution in [0.25, 0.3) is 0 Å². The highest BCUT2D eigenvalue weighted by Crippen LogP contribution is 2.50. The molecule has 1 aliphatic heterocycles. The van der Waals surface area contributed by atoms with Crippen molar-refractivity contribution < 1.29 is 0 Å². The second kappa shape index (κ2) is 8.13. The van der Waals surface area contributed by atoms with Gasteiger partial charge in [-0.1, -0.05) is 47.1 Å². The molecule has 0 unspecified atom stereocenters. The number of halogens is 2. The van der Waals surface area contributed by atoms with Crippen molar-refractivity contribution in [3.63, 3.8) is 0 Å². The molecule has 3 N–H and O–H groups in total. The lowest BCUT2D eigenvalue weighted by Crippen LogP contribution is -2.46. The van der Waals surface area contributed by atoms with E-state index in [2.05, 4.69) is 21.0 Å². The van der Waals surface area contributed by atoms with Crippen LogP contribution in [0.4, 0.5) is 5.82 Å². The van der Waals surface area contributed by atoms with Gasteiger partial charge in [0.1, 0.15) is 0 Å². The minimum atomic E-state index is -0.209. The SMILES string of the molecule is N[C@@H]1c2cccnc2CC12CCN(c1ncc(Sc3cccc(Cl)c3Cl)[nH]c1=O)CC2. The molecule has 3 heterocycles. The van der Waals surface area contributed by atoms with Gasteiger partial charge in [-0.05, 0) is 48.4 Å². The Morgan fingerprint density at radius 3 is 2.71 bits per heavy atom. The molecule has 31 heavy (non-hydrogen) atoms. The first-order chi connectivity index (χ1) is 15.0. The molecule has 160 valence electrons. The average Bonchev–Trinajstić information content (AvgIpc) is 3.04. The molecule has 1 aromatic carbocycles. The number of aromatic nitrogens is 3. The molecule has 0 bridgehead atoms. The first kappa shape index (κ1) is 20.8. The van der Waals surface area contributed by atoms with Crippen molar-refractivity contribution in [2.24, 2.45) is 11.1 Å². The van der Waals surface area contributed by atoms with Crippen LogP contribution in [0.2, 0.25) is 10.0 Å². The van der Waals surface area contributed by atoms with E-state index < -0.39 is 0 Å². The Hall–Kier alpha value is -2.06. The van der Waals surface area contributed by atoms with E-state index in [1.165, 1.54) is 11.8 Å². The van der Waals surface area contributed by atoms with Crippen LogP contribution in [0, 0.1) is 5.41 Å². The van der Waals surface area contributed by atoms with E-state index in [4.69, 9.17) is 28.9 Å². The second-order valence-electron chi connectivity index (χ2n) is 8.10. The third-order valence-electron chi connectivity index (χ3n) is 6.38. The lowest BCUT2D eigenvalue weighted by atomic mass is 9.73. The first-order valence-electron chi connectivity index (χ1n) is 10.1. The molecule has 0 amide bonds. The van der Waals surface area contributed by atoms with Gasteiger partial charge in [0, 0.05) is 35.9 Å². The van der Waals surface area contributed by atoms with Crippen molar-refractivity contribution in [2.75, 3.05) is 18.0 Å².